The number of hydrogen-bond donors (Lipinski definition) is 2. The number of benzene rings is 2. The van der Waals surface area contributed by atoms with E-state index in [0.717, 1.165) is 36.8 Å². The third-order valence-corrected chi connectivity index (χ3v) is 7.05. The number of halogens is 1. The first kappa shape index (κ1) is 24.2. The first-order valence-corrected chi connectivity index (χ1v) is 12.2. The fourth-order valence-electron chi connectivity index (χ4n) is 3.26. The van der Waals surface area contributed by atoms with Crippen molar-refractivity contribution in [2.45, 2.75) is 58.3 Å². The summed E-state index contributed by atoms with van der Waals surface area (Å²) in [6.45, 7) is 8.60. The van der Waals surface area contributed by atoms with Crippen LogP contribution in [-0.2, 0) is 10.0 Å². The SMILES string of the molecule is CCCC[C@H](CC)CNC(=O)c1ccc(Cl)c(S(=O)(=O)Nc2ccc(C)cc2C)c1. The molecule has 0 spiro atoms. The second kappa shape index (κ2) is 10.8. The molecular weight excluding hydrogens is 420 g/mol. The maximum atomic E-state index is 12.9. The molecule has 1 amide bonds. The number of amides is 1. The lowest BCUT2D eigenvalue weighted by molar-refractivity contribution is 0.0945. The van der Waals surface area contributed by atoms with Gasteiger partial charge in [0.1, 0.15) is 4.90 Å². The minimum absolute atomic E-state index is 0.0678. The van der Waals surface area contributed by atoms with Crippen LogP contribution in [0.25, 0.3) is 0 Å². The number of anilines is 1. The predicted octanol–water partition coefficient (Wildman–Crippen LogP) is 5.70. The average molecular weight is 451 g/mol. The first-order valence-electron chi connectivity index (χ1n) is 10.4. The minimum atomic E-state index is -3.95. The quantitative estimate of drug-likeness (QED) is 0.487. The van der Waals surface area contributed by atoms with Gasteiger partial charge in [0.15, 0.2) is 0 Å². The highest BCUT2D eigenvalue weighted by Crippen LogP contribution is 2.26. The molecule has 2 N–H and O–H groups in total. The summed E-state index contributed by atoms with van der Waals surface area (Å²) in [6.07, 6.45) is 4.30. The molecule has 0 aliphatic carbocycles. The van der Waals surface area contributed by atoms with Crippen LogP contribution in [0.3, 0.4) is 0 Å². The highest BCUT2D eigenvalue weighted by molar-refractivity contribution is 7.92. The lowest BCUT2D eigenvalue weighted by atomic mass is 9.99. The van der Waals surface area contributed by atoms with E-state index in [1.165, 1.54) is 12.1 Å². The van der Waals surface area contributed by atoms with Crippen molar-refractivity contribution >= 4 is 33.2 Å². The zero-order chi connectivity index (χ0) is 22.3. The van der Waals surface area contributed by atoms with Crippen LogP contribution in [0.5, 0.6) is 0 Å². The van der Waals surface area contributed by atoms with E-state index in [1.54, 1.807) is 12.1 Å². The Morgan fingerprint density at radius 2 is 1.83 bits per heavy atom. The zero-order valence-corrected chi connectivity index (χ0v) is 19.7. The van der Waals surface area contributed by atoms with Gasteiger partial charge < -0.3 is 5.32 Å². The summed E-state index contributed by atoms with van der Waals surface area (Å²) in [5.41, 5.74) is 2.59. The molecule has 0 aromatic heterocycles. The normalized spacial score (nSPS) is 12.4. The molecule has 0 saturated carbocycles. The van der Waals surface area contributed by atoms with E-state index in [9.17, 15) is 13.2 Å². The van der Waals surface area contributed by atoms with E-state index in [2.05, 4.69) is 23.9 Å². The topological polar surface area (TPSA) is 75.3 Å². The van der Waals surface area contributed by atoms with Crippen molar-refractivity contribution in [1.82, 2.24) is 5.32 Å². The second-order valence-corrected chi connectivity index (χ2v) is 9.75. The average Bonchev–Trinajstić information content (AvgIpc) is 2.70. The number of sulfonamides is 1. The molecule has 0 unspecified atom stereocenters. The van der Waals surface area contributed by atoms with E-state index < -0.39 is 10.0 Å². The number of carbonyl (C=O) groups excluding carboxylic acids is 1. The van der Waals surface area contributed by atoms with E-state index in [1.807, 2.05) is 26.0 Å². The number of hydrogen-bond acceptors (Lipinski definition) is 3. The summed E-state index contributed by atoms with van der Waals surface area (Å²) in [6, 6.07) is 9.76. The maximum absolute atomic E-state index is 12.9. The van der Waals surface area contributed by atoms with E-state index in [-0.39, 0.29) is 21.4 Å². The lowest BCUT2D eigenvalue weighted by Crippen LogP contribution is -2.29. The Hall–Kier alpha value is -2.05. The molecule has 164 valence electrons. The van der Waals surface area contributed by atoms with Crippen LogP contribution in [0.1, 0.15) is 61.0 Å². The van der Waals surface area contributed by atoms with Gasteiger partial charge in [-0.3, -0.25) is 9.52 Å². The molecule has 0 heterocycles. The van der Waals surface area contributed by atoms with E-state index >= 15 is 0 Å². The van der Waals surface area contributed by atoms with Crippen LogP contribution in [0.4, 0.5) is 5.69 Å². The third kappa shape index (κ3) is 6.47. The Balaban J connectivity index is 2.19. The van der Waals surface area contributed by atoms with Crippen molar-refractivity contribution in [3.05, 3.63) is 58.1 Å². The Kier molecular flexibility index (Phi) is 8.74. The molecule has 1 atom stereocenters. The molecule has 30 heavy (non-hydrogen) atoms. The fraction of sp³-hybridized carbons (Fsp3) is 0.435. The Morgan fingerprint density at radius 1 is 1.10 bits per heavy atom. The lowest BCUT2D eigenvalue weighted by Gasteiger charge is -2.16. The largest absolute Gasteiger partial charge is 0.352 e. The van der Waals surface area contributed by atoms with Crippen LogP contribution in [-0.4, -0.2) is 20.9 Å². The van der Waals surface area contributed by atoms with Crippen molar-refractivity contribution in [2.24, 2.45) is 5.92 Å². The van der Waals surface area contributed by atoms with Crippen LogP contribution in [0.2, 0.25) is 5.02 Å². The van der Waals surface area contributed by atoms with Gasteiger partial charge in [-0.1, -0.05) is 62.4 Å². The van der Waals surface area contributed by atoms with Gasteiger partial charge in [0, 0.05) is 12.1 Å². The summed E-state index contributed by atoms with van der Waals surface area (Å²) in [5, 5.41) is 2.99. The summed E-state index contributed by atoms with van der Waals surface area (Å²) < 4.78 is 28.5. The summed E-state index contributed by atoms with van der Waals surface area (Å²) in [5.74, 6) is 0.111. The van der Waals surface area contributed by atoms with Crippen molar-refractivity contribution in [2.75, 3.05) is 11.3 Å². The molecule has 0 saturated heterocycles. The van der Waals surface area contributed by atoms with Crippen LogP contribution in [0, 0.1) is 19.8 Å². The minimum Gasteiger partial charge on any atom is -0.352 e. The van der Waals surface area contributed by atoms with Crippen molar-refractivity contribution in [3.63, 3.8) is 0 Å². The van der Waals surface area contributed by atoms with Crippen LogP contribution < -0.4 is 10.0 Å². The van der Waals surface area contributed by atoms with Crippen LogP contribution in [0.15, 0.2) is 41.3 Å². The van der Waals surface area contributed by atoms with E-state index in [0.29, 0.717) is 18.2 Å². The standard InChI is InChI=1S/C23H31ClN2O3S/c1-5-7-8-18(6-2)15-25-23(27)19-10-11-20(24)22(14-19)30(28,29)26-21-12-9-16(3)13-17(21)4/h9-14,18,26H,5-8,15H2,1-4H3,(H,25,27)/t18-/m0/s1. The molecule has 2 rings (SSSR count). The van der Waals surface area contributed by atoms with E-state index in [4.69, 9.17) is 11.6 Å². The smallest absolute Gasteiger partial charge is 0.263 e. The zero-order valence-electron chi connectivity index (χ0n) is 18.1. The van der Waals surface area contributed by atoms with Gasteiger partial charge >= 0.3 is 0 Å². The second-order valence-electron chi connectivity index (χ2n) is 7.70. The molecule has 0 bridgehead atoms. The molecule has 0 radical (unpaired) electrons. The molecule has 2 aromatic carbocycles. The van der Waals surface area contributed by atoms with Gasteiger partial charge in [-0.25, -0.2) is 8.42 Å². The highest BCUT2D eigenvalue weighted by atomic mass is 35.5. The summed E-state index contributed by atoms with van der Waals surface area (Å²) in [7, 11) is -3.95. The number of unbranched alkanes of at least 4 members (excludes halogenated alkanes) is 1. The number of nitrogens with one attached hydrogen (secondary N) is 2. The number of aryl methyl sites for hydroxylation is 2. The molecule has 0 fully saturated rings. The first-order chi connectivity index (χ1) is 14.2. The van der Waals surface area contributed by atoms with Crippen LogP contribution >= 0.6 is 11.6 Å². The Labute approximate surface area is 185 Å². The molecular formula is C23H31ClN2O3S. The monoisotopic (exact) mass is 450 g/mol. The van der Waals surface area contributed by atoms with Gasteiger partial charge in [0.2, 0.25) is 0 Å². The molecule has 0 aliphatic rings. The Bertz CT molecular complexity index is 990. The molecule has 2 aromatic rings. The molecule has 7 heteroatoms. The van der Waals surface area contributed by atoms with Gasteiger partial charge in [-0.2, -0.15) is 0 Å². The van der Waals surface area contributed by atoms with Gasteiger partial charge in [-0.05, 0) is 56.0 Å². The fourth-order valence-corrected chi connectivity index (χ4v) is 4.92. The van der Waals surface area contributed by atoms with Crippen molar-refractivity contribution in [3.8, 4) is 0 Å². The molecule has 0 aliphatic heterocycles. The molecule has 5 nitrogen and oxygen atoms in total. The summed E-state index contributed by atoms with van der Waals surface area (Å²) >= 11 is 6.17. The van der Waals surface area contributed by atoms with Gasteiger partial charge in [0.25, 0.3) is 15.9 Å². The van der Waals surface area contributed by atoms with Gasteiger partial charge in [0.05, 0.1) is 10.7 Å². The Morgan fingerprint density at radius 3 is 2.47 bits per heavy atom. The summed E-state index contributed by atoms with van der Waals surface area (Å²) in [4.78, 5) is 12.5. The maximum Gasteiger partial charge on any atom is 0.263 e. The predicted molar refractivity (Wildman–Crippen MR) is 124 cm³/mol. The number of rotatable bonds is 10. The number of carbonyl (C=O) groups is 1. The van der Waals surface area contributed by atoms with Gasteiger partial charge in [-0.15, -0.1) is 0 Å². The highest BCUT2D eigenvalue weighted by Gasteiger charge is 2.21. The van der Waals surface area contributed by atoms with Crippen molar-refractivity contribution in [1.29, 1.82) is 0 Å². The third-order valence-electron chi connectivity index (χ3n) is 5.20. The van der Waals surface area contributed by atoms with Crippen molar-refractivity contribution < 1.29 is 13.2 Å².